The SMILES string of the molecule is C[Si](C)(C)CCOCn1nc(Br)c(C#N)c1-c1ccnnc1. The molecule has 0 aliphatic heterocycles. The second-order valence-electron chi connectivity index (χ2n) is 6.10. The minimum absolute atomic E-state index is 0.308. The summed E-state index contributed by atoms with van der Waals surface area (Å²) in [6.07, 6.45) is 3.21. The molecular formula is C14H18BrN5OSi. The van der Waals surface area contributed by atoms with E-state index in [1.54, 1.807) is 23.1 Å². The maximum absolute atomic E-state index is 9.35. The minimum atomic E-state index is -1.12. The zero-order valence-corrected chi connectivity index (χ0v) is 15.5. The number of hydrogen-bond acceptors (Lipinski definition) is 5. The Morgan fingerprint density at radius 3 is 2.73 bits per heavy atom. The molecule has 116 valence electrons. The Balaban J connectivity index is 2.20. The van der Waals surface area contributed by atoms with Crippen LogP contribution in [0.1, 0.15) is 5.56 Å². The fourth-order valence-corrected chi connectivity index (χ4v) is 3.10. The van der Waals surface area contributed by atoms with Gasteiger partial charge >= 0.3 is 0 Å². The smallest absolute Gasteiger partial charge is 0.146 e. The summed E-state index contributed by atoms with van der Waals surface area (Å²) in [5.74, 6) is 0. The molecule has 0 bridgehead atoms. The Labute approximate surface area is 139 Å². The van der Waals surface area contributed by atoms with Crippen LogP contribution in [0, 0.1) is 11.3 Å². The molecule has 8 heteroatoms. The molecule has 0 aliphatic carbocycles. The van der Waals surface area contributed by atoms with Gasteiger partial charge in [-0.25, -0.2) is 4.68 Å². The van der Waals surface area contributed by atoms with Crippen molar-refractivity contribution in [1.82, 2.24) is 20.0 Å². The van der Waals surface area contributed by atoms with Crippen LogP contribution < -0.4 is 0 Å². The van der Waals surface area contributed by atoms with Crippen molar-refractivity contribution in [3.05, 3.63) is 28.6 Å². The molecule has 0 saturated heterocycles. The van der Waals surface area contributed by atoms with E-state index in [2.05, 4.69) is 56.9 Å². The van der Waals surface area contributed by atoms with Crippen molar-refractivity contribution in [3.63, 3.8) is 0 Å². The fraction of sp³-hybridized carbons (Fsp3) is 0.429. The third-order valence-corrected chi connectivity index (χ3v) is 5.35. The molecule has 0 fully saturated rings. The van der Waals surface area contributed by atoms with Gasteiger partial charge < -0.3 is 4.74 Å². The highest BCUT2D eigenvalue weighted by molar-refractivity contribution is 9.10. The van der Waals surface area contributed by atoms with E-state index in [0.29, 0.717) is 29.2 Å². The monoisotopic (exact) mass is 379 g/mol. The molecule has 0 atom stereocenters. The fourth-order valence-electron chi connectivity index (χ4n) is 1.88. The summed E-state index contributed by atoms with van der Waals surface area (Å²) >= 11 is 3.33. The van der Waals surface area contributed by atoms with Crippen LogP contribution >= 0.6 is 15.9 Å². The maximum Gasteiger partial charge on any atom is 0.146 e. The van der Waals surface area contributed by atoms with Crippen LogP contribution in [0.4, 0.5) is 0 Å². The van der Waals surface area contributed by atoms with Gasteiger partial charge in [0.1, 0.15) is 23.0 Å². The molecule has 0 radical (unpaired) electrons. The maximum atomic E-state index is 9.35. The highest BCUT2D eigenvalue weighted by Crippen LogP contribution is 2.28. The molecule has 6 nitrogen and oxygen atoms in total. The molecule has 0 amide bonds. The van der Waals surface area contributed by atoms with E-state index in [-0.39, 0.29) is 0 Å². The molecule has 0 aliphatic rings. The van der Waals surface area contributed by atoms with E-state index in [9.17, 15) is 5.26 Å². The highest BCUT2D eigenvalue weighted by Gasteiger charge is 2.18. The lowest BCUT2D eigenvalue weighted by molar-refractivity contribution is 0.0795. The minimum Gasteiger partial charge on any atom is -0.360 e. The summed E-state index contributed by atoms with van der Waals surface area (Å²) in [6, 6.07) is 5.06. The summed E-state index contributed by atoms with van der Waals surface area (Å²) in [5.41, 5.74) is 1.96. The molecular weight excluding hydrogens is 362 g/mol. The molecule has 2 rings (SSSR count). The first-order valence-electron chi connectivity index (χ1n) is 6.93. The van der Waals surface area contributed by atoms with Crippen LogP contribution in [0.5, 0.6) is 0 Å². The lowest BCUT2D eigenvalue weighted by atomic mass is 10.1. The van der Waals surface area contributed by atoms with Gasteiger partial charge in [0.05, 0.1) is 18.1 Å². The van der Waals surface area contributed by atoms with Crippen LogP contribution in [-0.2, 0) is 11.5 Å². The van der Waals surface area contributed by atoms with E-state index in [0.717, 1.165) is 11.6 Å². The van der Waals surface area contributed by atoms with E-state index in [1.165, 1.54) is 0 Å². The van der Waals surface area contributed by atoms with Gasteiger partial charge in [-0.1, -0.05) is 19.6 Å². The van der Waals surface area contributed by atoms with E-state index in [4.69, 9.17) is 4.74 Å². The van der Waals surface area contributed by atoms with Crippen molar-refractivity contribution in [2.24, 2.45) is 0 Å². The predicted octanol–water partition coefficient (Wildman–Crippen LogP) is 3.29. The number of rotatable bonds is 6. The predicted molar refractivity (Wildman–Crippen MR) is 89.8 cm³/mol. The first kappa shape index (κ1) is 16.8. The lowest BCUT2D eigenvalue weighted by Crippen LogP contribution is -2.22. The lowest BCUT2D eigenvalue weighted by Gasteiger charge is -2.15. The standard InChI is InChI=1S/C14H18BrN5OSi/c1-22(2,3)7-6-21-10-20-13(11-4-5-17-18-9-11)12(8-16)14(15)19-20/h4-5,9H,6-7,10H2,1-3H3. The van der Waals surface area contributed by atoms with Gasteiger partial charge in [-0.3, -0.25) is 0 Å². The Bertz CT molecular complexity index is 675. The van der Waals surface area contributed by atoms with Crippen LogP contribution in [0.2, 0.25) is 25.7 Å². The number of aromatic nitrogens is 4. The van der Waals surface area contributed by atoms with E-state index < -0.39 is 8.07 Å². The molecule has 0 N–H and O–H groups in total. The van der Waals surface area contributed by atoms with Crippen LogP contribution in [0.25, 0.3) is 11.3 Å². The molecule has 0 aromatic carbocycles. The number of nitrogens with zero attached hydrogens (tertiary/aromatic N) is 5. The van der Waals surface area contributed by atoms with Crippen LogP contribution in [0.3, 0.4) is 0 Å². The summed E-state index contributed by atoms with van der Waals surface area (Å²) in [7, 11) is -1.12. The Kier molecular flexibility index (Phi) is 5.45. The molecule has 0 spiro atoms. The molecule has 0 unspecified atom stereocenters. The van der Waals surface area contributed by atoms with Crippen molar-refractivity contribution in [3.8, 4) is 17.3 Å². The second kappa shape index (κ2) is 7.13. The van der Waals surface area contributed by atoms with Crippen molar-refractivity contribution in [1.29, 1.82) is 5.26 Å². The number of ether oxygens (including phenoxy) is 1. The van der Waals surface area contributed by atoms with Crippen molar-refractivity contribution >= 4 is 24.0 Å². The Morgan fingerprint density at radius 2 is 2.14 bits per heavy atom. The summed E-state index contributed by atoms with van der Waals surface area (Å²) in [6.45, 7) is 7.93. The summed E-state index contributed by atoms with van der Waals surface area (Å²) in [5, 5.41) is 21.3. The van der Waals surface area contributed by atoms with Gasteiger partial charge in [-0.2, -0.15) is 20.6 Å². The van der Waals surface area contributed by atoms with Gasteiger partial charge in [0.2, 0.25) is 0 Å². The van der Waals surface area contributed by atoms with Gasteiger partial charge in [0, 0.05) is 20.2 Å². The van der Waals surface area contributed by atoms with E-state index in [1.807, 2.05) is 0 Å². The normalized spacial score (nSPS) is 11.4. The van der Waals surface area contributed by atoms with Gasteiger partial charge in [-0.15, -0.1) is 0 Å². The number of nitriles is 1. The Morgan fingerprint density at radius 1 is 1.36 bits per heavy atom. The third-order valence-electron chi connectivity index (χ3n) is 3.09. The molecule has 2 aromatic heterocycles. The average molecular weight is 380 g/mol. The Hall–Kier alpha value is -1.56. The second-order valence-corrected chi connectivity index (χ2v) is 12.5. The van der Waals surface area contributed by atoms with Gasteiger partial charge in [0.25, 0.3) is 0 Å². The van der Waals surface area contributed by atoms with Crippen LogP contribution in [-0.4, -0.2) is 34.7 Å². The molecule has 2 aromatic rings. The van der Waals surface area contributed by atoms with Crippen molar-refractivity contribution < 1.29 is 4.74 Å². The largest absolute Gasteiger partial charge is 0.360 e. The number of halogens is 1. The summed E-state index contributed by atoms with van der Waals surface area (Å²) in [4.78, 5) is 0. The quantitative estimate of drug-likeness (QED) is 0.568. The first-order chi connectivity index (χ1) is 10.4. The van der Waals surface area contributed by atoms with Gasteiger partial charge in [0.15, 0.2) is 0 Å². The average Bonchev–Trinajstić information content (AvgIpc) is 2.79. The van der Waals surface area contributed by atoms with Gasteiger partial charge in [-0.05, 0) is 28.0 Å². The van der Waals surface area contributed by atoms with Crippen molar-refractivity contribution in [2.75, 3.05) is 6.61 Å². The highest BCUT2D eigenvalue weighted by atomic mass is 79.9. The van der Waals surface area contributed by atoms with Crippen molar-refractivity contribution in [2.45, 2.75) is 32.4 Å². The van der Waals surface area contributed by atoms with E-state index >= 15 is 0 Å². The third kappa shape index (κ3) is 4.22. The zero-order valence-electron chi connectivity index (χ0n) is 12.9. The zero-order chi connectivity index (χ0) is 16.2. The number of hydrogen-bond donors (Lipinski definition) is 0. The first-order valence-corrected chi connectivity index (χ1v) is 11.4. The molecule has 2 heterocycles. The molecule has 22 heavy (non-hydrogen) atoms. The topological polar surface area (TPSA) is 76.6 Å². The molecule has 0 saturated carbocycles. The van der Waals surface area contributed by atoms with Crippen LogP contribution in [0.15, 0.2) is 23.1 Å². The summed E-state index contributed by atoms with van der Waals surface area (Å²) < 4.78 is 7.93.